The maximum absolute atomic E-state index is 14.6. The Labute approximate surface area is 190 Å². The number of rotatable bonds is 12. The number of thiazole rings is 1. The van der Waals surface area contributed by atoms with Gasteiger partial charge in [0.15, 0.2) is 5.13 Å². The average Bonchev–Trinajstić information content (AvgIpc) is 3.27. The topological polar surface area (TPSA) is 61.0 Å². The lowest BCUT2D eigenvalue weighted by Crippen LogP contribution is -2.17. The Morgan fingerprint density at radius 1 is 1.03 bits per heavy atom. The monoisotopic (exact) mass is 463 g/mol. The van der Waals surface area contributed by atoms with Gasteiger partial charge in [0, 0.05) is 36.4 Å². The third-order valence-corrected chi connectivity index (χ3v) is 6.18. The fraction of sp³-hybridized carbons (Fsp3) is 0.318. The molecule has 0 aliphatic carbocycles. The van der Waals surface area contributed by atoms with E-state index < -0.39 is 11.6 Å². The van der Waals surface area contributed by atoms with Crippen LogP contribution in [0.15, 0.2) is 46.8 Å². The lowest BCUT2D eigenvalue weighted by molar-refractivity contribution is 0.579. The van der Waals surface area contributed by atoms with Crippen LogP contribution in [0.2, 0.25) is 0 Å². The van der Waals surface area contributed by atoms with E-state index in [1.807, 2.05) is 24.4 Å². The van der Waals surface area contributed by atoms with Gasteiger partial charge in [-0.3, -0.25) is 0 Å². The van der Waals surface area contributed by atoms with Crippen molar-refractivity contribution in [1.29, 1.82) is 0 Å². The molecule has 0 atom stereocenters. The van der Waals surface area contributed by atoms with E-state index in [4.69, 9.17) is 0 Å². The van der Waals surface area contributed by atoms with Gasteiger partial charge in [0.1, 0.15) is 11.6 Å². The number of aryl methyl sites for hydroxylation is 1. The van der Waals surface area contributed by atoms with E-state index in [0.29, 0.717) is 11.7 Å². The maximum Gasteiger partial charge on any atom is 0.192 e. The van der Waals surface area contributed by atoms with Crippen LogP contribution < -0.4 is 20.7 Å². The molecule has 2 aromatic carbocycles. The van der Waals surface area contributed by atoms with E-state index in [-0.39, 0.29) is 10.6 Å². The Morgan fingerprint density at radius 2 is 1.90 bits per heavy atom. The number of aromatic nitrogens is 1. The molecule has 166 valence electrons. The number of hydrogen-bond donors (Lipinski definition) is 4. The highest BCUT2D eigenvalue weighted by Crippen LogP contribution is 2.29. The molecule has 0 aliphatic heterocycles. The van der Waals surface area contributed by atoms with Gasteiger partial charge in [-0.05, 0) is 61.6 Å². The molecule has 1 aromatic heterocycles. The Kier molecular flexibility index (Phi) is 8.93. The number of halogens is 2. The van der Waals surface area contributed by atoms with Crippen molar-refractivity contribution in [1.82, 2.24) is 10.3 Å². The molecule has 0 aliphatic rings. The van der Waals surface area contributed by atoms with E-state index in [1.165, 1.54) is 23.5 Å². The summed E-state index contributed by atoms with van der Waals surface area (Å²) in [7, 11) is 0. The third kappa shape index (κ3) is 7.09. The molecule has 0 saturated heterocycles. The Bertz CT molecular complexity index is 967. The summed E-state index contributed by atoms with van der Waals surface area (Å²) in [5.41, 5.74) is 3.28. The molecule has 0 saturated carbocycles. The molecule has 0 amide bonds. The number of anilines is 3. The Hall–Kier alpha value is -2.36. The summed E-state index contributed by atoms with van der Waals surface area (Å²) >= 11 is 2.39. The van der Waals surface area contributed by atoms with Gasteiger partial charge in [0.25, 0.3) is 0 Å². The van der Waals surface area contributed by atoms with E-state index in [2.05, 4.69) is 38.6 Å². The number of nitrogens with one attached hydrogen (secondary N) is 4. The lowest BCUT2D eigenvalue weighted by Gasteiger charge is -2.15. The first-order valence-electron chi connectivity index (χ1n) is 10.2. The van der Waals surface area contributed by atoms with Crippen molar-refractivity contribution < 1.29 is 8.78 Å². The van der Waals surface area contributed by atoms with E-state index >= 15 is 0 Å². The molecule has 31 heavy (non-hydrogen) atoms. The van der Waals surface area contributed by atoms with Gasteiger partial charge in [0.05, 0.1) is 10.6 Å². The summed E-state index contributed by atoms with van der Waals surface area (Å²) in [6, 6.07) is 8.48. The first-order chi connectivity index (χ1) is 15.1. The van der Waals surface area contributed by atoms with Crippen LogP contribution in [-0.4, -0.2) is 24.6 Å². The van der Waals surface area contributed by atoms with Crippen LogP contribution in [0, 0.1) is 18.6 Å². The van der Waals surface area contributed by atoms with Crippen molar-refractivity contribution in [3.63, 3.8) is 0 Å². The second-order valence-corrected chi connectivity index (χ2v) is 8.69. The minimum Gasteiger partial charge on any atom is -0.385 e. The highest BCUT2D eigenvalue weighted by Gasteiger charge is 2.12. The highest BCUT2D eigenvalue weighted by molar-refractivity contribution is 8.00. The molecule has 0 radical (unpaired) electrons. The van der Waals surface area contributed by atoms with Gasteiger partial charge in [-0.25, -0.2) is 13.8 Å². The molecule has 0 fully saturated rings. The summed E-state index contributed by atoms with van der Waals surface area (Å²) in [6.07, 6.45) is 2.65. The fourth-order valence-corrected chi connectivity index (χ4v) is 4.19. The third-order valence-electron chi connectivity index (χ3n) is 4.53. The van der Waals surface area contributed by atoms with Crippen molar-refractivity contribution >= 4 is 39.8 Å². The van der Waals surface area contributed by atoms with Crippen molar-refractivity contribution in [3.8, 4) is 0 Å². The van der Waals surface area contributed by atoms with Crippen LogP contribution in [0.3, 0.4) is 0 Å². The van der Waals surface area contributed by atoms with Crippen molar-refractivity contribution in [2.24, 2.45) is 0 Å². The largest absolute Gasteiger partial charge is 0.385 e. The van der Waals surface area contributed by atoms with Gasteiger partial charge in [-0.1, -0.05) is 19.1 Å². The van der Waals surface area contributed by atoms with Crippen LogP contribution >= 0.6 is 23.3 Å². The standard InChI is InChI=1S/C22H27F2N5S2/c1-3-25-7-4-8-26-19-11-15(2)5-6-16(19)14-28-20-12-18(24)21(13-17(20)23)31-29-22-27-9-10-30-22/h5-6,9-13,25-26,28H,3-4,7-8,14H2,1-2H3,(H,27,29). The predicted octanol–water partition coefficient (Wildman–Crippen LogP) is 5.87. The zero-order chi connectivity index (χ0) is 22.1. The highest BCUT2D eigenvalue weighted by atomic mass is 32.2. The Morgan fingerprint density at radius 3 is 2.68 bits per heavy atom. The lowest BCUT2D eigenvalue weighted by atomic mass is 10.1. The van der Waals surface area contributed by atoms with Crippen LogP contribution in [0.5, 0.6) is 0 Å². The molecule has 0 spiro atoms. The second-order valence-electron chi connectivity index (χ2n) is 6.95. The predicted molar refractivity (Wildman–Crippen MR) is 128 cm³/mol. The van der Waals surface area contributed by atoms with E-state index in [9.17, 15) is 8.78 Å². The smallest absolute Gasteiger partial charge is 0.192 e. The molecule has 3 rings (SSSR count). The van der Waals surface area contributed by atoms with Crippen LogP contribution in [0.1, 0.15) is 24.5 Å². The molecule has 5 nitrogen and oxygen atoms in total. The summed E-state index contributed by atoms with van der Waals surface area (Å²) in [5.74, 6) is -0.999. The zero-order valence-electron chi connectivity index (χ0n) is 17.6. The second kappa shape index (κ2) is 11.9. The van der Waals surface area contributed by atoms with Crippen LogP contribution in [-0.2, 0) is 6.54 Å². The van der Waals surface area contributed by atoms with E-state index in [1.54, 1.807) is 6.20 Å². The molecule has 1 heterocycles. The minimum atomic E-state index is -0.503. The average molecular weight is 464 g/mol. The SMILES string of the molecule is CCNCCCNc1cc(C)ccc1CNc1cc(F)c(SNc2nccs2)cc1F. The van der Waals surface area contributed by atoms with Gasteiger partial charge < -0.3 is 20.7 Å². The summed E-state index contributed by atoms with van der Waals surface area (Å²) in [5, 5.41) is 12.2. The number of nitrogens with zero attached hydrogens (tertiary/aromatic N) is 1. The van der Waals surface area contributed by atoms with Gasteiger partial charge >= 0.3 is 0 Å². The van der Waals surface area contributed by atoms with Crippen molar-refractivity contribution in [2.45, 2.75) is 31.7 Å². The van der Waals surface area contributed by atoms with Crippen LogP contribution in [0.25, 0.3) is 0 Å². The minimum absolute atomic E-state index is 0.134. The molecule has 4 N–H and O–H groups in total. The van der Waals surface area contributed by atoms with Gasteiger partial charge in [0.2, 0.25) is 0 Å². The van der Waals surface area contributed by atoms with Crippen molar-refractivity contribution in [3.05, 3.63) is 64.7 Å². The summed E-state index contributed by atoms with van der Waals surface area (Å²) < 4.78 is 32.0. The maximum atomic E-state index is 14.6. The molecule has 0 unspecified atom stereocenters. The normalized spacial score (nSPS) is 10.8. The van der Waals surface area contributed by atoms with Gasteiger partial charge in [-0.2, -0.15) is 0 Å². The van der Waals surface area contributed by atoms with Crippen molar-refractivity contribution in [2.75, 3.05) is 35.0 Å². The summed E-state index contributed by atoms with van der Waals surface area (Å²) in [4.78, 5) is 4.24. The molecular formula is C22H27F2N5S2. The molecular weight excluding hydrogens is 436 g/mol. The Balaban J connectivity index is 1.61. The number of benzene rings is 2. The quantitative estimate of drug-likeness (QED) is 0.199. The summed E-state index contributed by atoms with van der Waals surface area (Å²) in [6.45, 7) is 7.25. The van der Waals surface area contributed by atoms with Gasteiger partial charge in [-0.15, -0.1) is 11.3 Å². The first-order valence-corrected chi connectivity index (χ1v) is 11.9. The molecule has 9 heteroatoms. The van der Waals surface area contributed by atoms with E-state index in [0.717, 1.165) is 54.8 Å². The van der Waals surface area contributed by atoms with Crippen LogP contribution in [0.4, 0.5) is 25.3 Å². The number of hydrogen-bond acceptors (Lipinski definition) is 7. The molecule has 0 bridgehead atoms. The molecule has 3 aromatic rings. The first kappa shape index (κ1) is 23.3. The fourth-order valence-electron chi connectivity index (χ4n) is 2.93. The zero-order valence-corrected chi connectivity index (χ0v) is 19.2.